The van der Waals surface area contributed by atoms with Gasteiger partial charge in [-0.25, -0.2) is 4.79 Å². The Morgan fingerprint density at radius 1 is 1.07 bits per heavy atom. The zero-order chi connectivity index (χ0) is 20.3. The van der Waals surface area contributed by atoms with Crippen molar-refractivity contribution >= 4 is 17.6 Å². The van der Waals surface area contributed by atoms with Crippen LogP contribution in [-0.2, 0) is 9.53 Å². The van der Waals surface area contributed by atoms with Crippen LogP contribution in [0.25, 0.3) is 11.5 Å². The minimum absolute atomic E-state index is 0.221. The Balaban J connectivity index is 1.63. The van der Waals surface area contributed by atoms with Crippen molar-refractivity contribution in [3.8, 4) is 17.2 Å². The molecule has 0 amide bonds. The van der Waals surface area contributed by atoms with E-state index >= 15 is 0 Å². The number of hydrogen-bond donors (Lipinski definition) is 0. The fraction of sp³-hybridized carbons (Fsp3) is 0.286. The molecular formula is C21H21ClN2O4. The summed E-state index contributed by atoms with van der Waals surface area (Å²) in [6.07, 6.45) is -1.50. The summed E-state index contributed by atoms with van der Waals surface area (Å²) in [5, 5.41) is 8.62. The molecule has 0 fully saturated rings. The summed E-state index contributed by atoms with van der Waals surface area (Å²) in [7, 11) is 0. The second kappa shape index (κ2) is 8.44. The van der Waals surface area contributed by atoms with Crippen LogP contribution in [0.5, 0.6) is 5.75 Å². The van der Waals surface area contributed by atoms with Crippen molar-refractivity contribution in [1.29, 1.82) is 0 Å². The van der Waals surface area contributed by atoms with Gasteiger partial charge in [-0.1, -0.05) is 29.3 Å². The first-order valence-electron chi connectivity index (χ1n) is 8.87. The van der Waals surface area contributed by atoms with Crippen LogP contribution in [0.15, 0.2) is 46.9 Å². The molecule has 2 atom stereocenters. The predicted molar refractivity (Wildman–Crippen MR) is 105 cm³/mol. The molecule has 1 aromatic heterocycles. The second-order valence-electron chi connectivity index (χ2n) is 6.56. The Labute approximate surface area is 168 Å². The lowest BCUT2D eigenvalue weighted by atomic mass is 10.1. The highest BCUT2D eigenvalue weighted by Crippen LogP contribution is 2.25. The molecule has 0 saturated carbocycles. The van der Waals surface area contributed by atoms with Gasteiger partial charge in [0.25, 0.3) is 5.89 Å². The molecule has 0 aliphatic carbocycles. The Morgan fingerprint density at radius 3 is 2.46 bits per heavy atom. The number of ether oxygens (including phenoxy) is 2. The quantitative estimate of drug-likeness (QED) is 0.537. The molecule has 0 spiro atoms. The zero-order valence-corrected chi connectivity index (χ0v) is 16.9. The number of aromatic nitrogens is 2. The van der Waals surface area contributed by atoms with Crippen LogP contribution >= 0.6 is 11.6 Å². The van der Waals surface area contributed by atoms with Gasteiger partial charge in [-0.15, -0.1) is 10.2 Å². The van der Waals surface area contributed by atoms with Crippen molar-refractivity contribution in [3.05, 3.63) is 64.5 Å². The van der Waals surface area contributed by atoms with Gasteiger partial charge in [0.1, 0.15) is 5.75 Å². The topological polar surface area (TPSA) is 74.5 Å². The van der Waals surface area contributed by atoms with Crippen LogP contribution in [0.3, 0.4) is 0 Å². The third-order valence-corrected chi connectivity index (χ3v) is 4.39. The lowest BCUT2D eigenvalue weighted by Gasteiger charge is -2.17. The molecule has 28 heavy (non-hydrogen) atoms. The normalized spacial score (nSPS) is 13.0. The molecular weight excluding hydrogens is 380 g/mol. The van der Waals surface area contributed by atoms with Gasteiger partial charge in [0.15, 0.2) is 12.2 Å². The molecule has 1 heterocycles. The number of carbonyl (C=O) groups is 1. The van der Waals surface area contributed by atoms with E-state index in [1.807, 2.05) is 38.1 Å². The number of carbonyl (C=O) groups excluding carboxylic acids is 1. The molecule has 0 N–H and O–H groups in total. The Bertz CT molecular complexity index is 969. The third-order valence-electron chi connectivity index (χ3n) is 4.15. The number of hydrogen-bond acceptors (Lipinski definition) is 6. The molecule has 3 aromatic rings. The molecule has 0 saturated heterocycles. The smallest absolute Gasteiger partial charge is 0.347 e. The summed E-state index contributed by atoms with van der Waals surface area (Å²) in [6, 6.07) is 12.9. The summed E-state index contributed by atoms with van der Waals surface area (Å²) in [5.74, 6) is 0.635. The zero-order valence-electron chi connectivity index (χ0n) is 16.1. The maximum atomic E-state index is 12.4. The Hall–Kier alpha value is -2.86. The highest BCUT2D eigenvalue weighted by molar-refractivity contribution is 6.30. The number of rotatable bonds is 6. The highest BCUT2D eigenvalue weighted by atomic mass is 35.5. The van der Waals surface area contributed by atoms with Crippen molar-refractivity contribution < 1.29 is 18.7 Å². The van der Waals surface area contributed by atoms with Gasteiger partial charge < -0.3 is 13.9 Å². The molecule has 2 aromatic carbocycles. The van der Waals surface area contributed by atoms with Crippen molar-refractivity contribution in [1.82, 2.24) is 10.2 Å². The van der Waals surface area contributed by atoms with Crippen molar-refractivity contribution in [2.75, 3.05) is 0 Å². The van der Waals surface area contributed by atoms with E-state index in [1.165, 1.54) is 0 Å². The van der Waals surface area contributed by atoms with Crippen molar-refractivity contribution in [2.45, 2.75) is 39.9 Å². The Morgan fingerprint density at radius 2 is 1.79 bits per heavy atom. The van der Waals surface area contributed by atoms with Gasteiger partial charge in [0, 0.05) is 10.6 Å². The largest absolute Gasteiger partial charge is 0.479 e. The number of benzene rings is 2. The van der Waals surface area contributed by atoms with Gasteiger partial charge in [-0.3, -0.25) is 0 Å². The lowest BCUT2D eigenvalue weighted by Crippen LogP contribution is -2.27. The number of nitrogens with zero attached hydrogens (tertiary/aromatic N) is 2. The van der Waals surface area contributed by atoms with Crippen LogP contribution in [0.2, 0.25) is 5.02 Å². The predicted octanol–water partition coefficient (Wildman–Crippen LogP) is 5.08. The summed E-state index contributed by atoms with van der Waals surface area (Å²) in [6.45, 7) is 7.14. The number of esters is 1. The second-order valence-corrected chi connectivity index (χ2v) is 7.00. The maximum absolute atomic E-state index is 12.4. The average Bonchev–Trinajstić information content (AvgIpc) is 3.14. The molecule has 146 valence electrons. The Kier molecular flexibility index (Phi) is 5.99. The van der Waals surface area contributed by atoms with E-state index in [2.05, 4.69) is 10.2 Å². The summed E-state index contributed by atoms with van der Waals surface area (Å²) in [5.41, 5.74) is 2.77. The van der Waals surface area contributed by atoms with E-state index < -0.39 is 18.2 Å². The van der Waals surface area contributed by atoms with Gasteiger partial charge in [-0.05, 0) is 63.6 Å². The molecule has 0 aliphatic rings. The molecule has 0 radical (unpaired) electrons. The number of aryl methyl sites for hydroxylation is 2. The average molecular weight is 401 g/mol. The van der Waals surface area contributed by atoms with Crippen LogP contribution < -0.4 is 4.74 Å². The van der Waals surface area contributed by atoms with E-state index in [0.717, 1.165) is 16.7 Å². The van der Waals surface area contributed by atoms with Crippen molar-refractivity contribution in [3.63, 3.8) is 0 Å². The number of halogens is 1. The maximum Gasteiger partial charge on any atom is 0.347 e. The van der Waals surface area contributed by atoms with Crippen LogP contribution in [0.1, 0.15) is 37.0 Å². The summed E-state index contributed by atoms with van der Waals surface area (Å²) < 4.78 is 16.7. The molecule has 0 bridgehead atoms. The molecule has 0 aliphatic heterocycles. The van der Waals surface area contributed by atoms with E-state index in [9.17, 15) is 4.79 Å². The van der Waals surface area contributed by atoms with E-state index in [-0.39, 0.29) is 5.89 Å². The van der Waals surface area contributed by atoms with Crippen LogP contribution in [-0.4, -0.2) is 22.3 Å². The van der Waals surface area contributed by atoms with Crippen molar-refractivity contribution in [2.24, 2.45) is 0 Å². The first-order valence-corrected chi connectivity index (χ1v) is 9.25. The van der Waals surface area contributed by atoms with E-state index in [4.69, 9.17) is 25.5 Å². The minimum Gasteiger partial charge on any atom is -0.479 e. The fourth-order valence-electron chi connectivity index (χ4n) is 2.52. The highest BCUT2D eigenvalue weighted by Gasteiger charge is 2.24. The molecule has 3 rings (SSSR count). The standard InChI is InChI=1S/C21H21ClN2O4/c1-12-5-7-16(8-6-12)20-24-23-19(28-20)14(3)27-21(25)15(4)26-18-10-9-17(22)11-13(18)2/h5-11,14-15H,1-4H3. The van der Waals surface area contributed by atoms with Gasteiger partial charge in [0.05, 0.1) is 0 Å². The third kappa shape index (κ3) is 4.70. The fourth-order valence-corrected chi connectivity index (χ4v) is 2.74. The van der Waals surface area contributed by atoms with E-state index in [0.29, 0.717) is 16.7 Å². The lowest BCUT2D eigenvalue weighted by molar-refractivity contribution is -0.157. The summed E-state index contributed by atoms with van der Waals surface area (Å²) in [4.78, 5) is 12.4. The minimum atomic E-state index is -0.804. The van der Waals surface area contributed by atoms with E-state index in [1.54, 1.807) is 32.0 Å². The van der Waals surface area contributed by atoms with Gasteiger partial charge in [0.2, 0.25) is 5.89 Å². The van der Waals surface area contributed by atoms with Gasteiger partial charge >= 0.3 is 5.97 Å². The first kappa shape index (κ1) is 19.9. The van der Waals surface area contributed by atoms with Gasteiger partial charge in [-0.2, -0.15) is 0 Å². The monoisotopic (exact) mass is 400 g/mol. The SMILES string of the molecule is Cc1ccc(-c2nnc(C(C)OC(=O)C(C)Oc3ccc(Cl)cc3C)o2)cc1. The molecule has 6 nitrogen and oxygen atoms in total. The van der Waals surface area contributed by atoms with Crippen LogP contribution in [0, 0.1) is 13.8 Å². The molecule has 2 unspecified atom stereocenters. The van der Waals surface area contributed by atoms with Crippen LogP contribution in [0.4, 0.5) is 0 Å². The summed E-state index contributed by atoms with van der Waals surface area (Å²) >= 11 is 5.94. The molecule has 7 heteroatoms. The first-order chi connectivity index (χ1) is 13.3.